The number of hydrogen-bond donors (Lipinski definition) is 1. The van der Waals surface area contributed by atoms with E-state index in [0.717, 1.165) is 10.9 Å². The Balaban J connectivity index is 1.96. The second-order valence-electron chi connectivity index (χ2n) is 7.30. The van der Waals surface area contributed by atoms with Crippen LogP contribution in [0.1, 0.15) is 42.3 Å². The van der Waals surface area contributed by atoms with E-state index >= 15 is 0 Å². The van der Waals surface area contributed by atoms with Gasteiger partial charge in [-0.15, -0.1) is 0 Å². The first-order chi connectivity index (χ1) is 11.8. The molecular weight excluding hydrogens is 314 g/mol. The largest absolute Gasteiger partial charge is 0.478 e. The number of benzene rings is 2. The molecule has 0 amide bonds. The molecule has 0 aliphatic carbocycles. The van der Waals surface area contributed by atoms with E-state index in [9.17, 15) is 9.59 Å². The Morgan fingerprint density at radius 1 is 1.04 bits per heavy atom. The van der Waals surface area contributed by atoms with Crippen LogP contribution in [0.2, 0.25) is 0 Å². The molecule has 0 unspecified atom stereocenters. The fourth-order valence-corrected chi connectivity index (χ4v) is 2.83. The number of carbonyl (C=O) groups is 1. The third-order valence-electron chi connectivity index (χ3n) is 4.40. The van der Waals surface area contributed by atoms with Gasteiger partial charge in [-0.2, -0.15) is 0 Å². The lowest BCUT2D eigenvalue weighted by Crippen LogP contribution is -2.20. The van der Waals surface area contributed by atoms with Gasteiger partial charge in [0, 0.05) is 11.6 Å². The highest BCUT2D eigenvalue weighted by molar-refractivity contribution is 5.87. The topological polar surface area (TPSA) is 59.3 Å². The van der Waals surface area contributed by atoms with Crippen molar-refractivity contribution in [1.82, 2.24) is 4.57 Å². The van der Waals surface area contributed by atoms with Gasteiger partial charge in [0.15, 0.2) is 0 Å². The van der Waals surface area contributed by atoms with E-state index in [1.165, 1.54) is 5.56 Å². The van der Waals surface area contributed by atoms with Crippen molar-refractivity contribution in [3.63, 3.8) is 0 Å². The van der Waals surface area contributed by atoms with Gasteiger partial charge < -0.3 is 9.67 Å². The molecule has 1 N–H and O–H groups in total. The van der Waals surface area contributed by atoms with Gasteiger partial charge in [-0.25, -0.2) is 4.79 Å². The molecule has 0 saturated heterocycles. The van der Waals surface area contributed by atoms with Gasteiger partial charge in [-0.1, -0.05) is 45.0 Å². The lowest BCUT2D eigenvalue weighted by molar-refractivity contribution is 0.0697. The minimum absolute atomic E-state index is 0.0366. The fourth-order valence-electron chi connectivity index (χ4n) is 2.83. The Kier molecular flexibility index (Phi) is 4.21. The van der Waals surface area contributed by atoms with Gasteiger partial charge in [0.1, 0.15) is 0 Å². The van der Waals surface area contributed by atoms with Gasteiger partial charge in [-0.3, -0.25) is 4.79 Å². The first kappa shape index (κ1) is 17.0. The van der Waals surface area contributed by atoms with E-state index in [1.54, 1.807) is 35.0 Å². The molecule has 0 bridgehead atoms. The molecule has 3 aromatic rings. The van der Waals surface area contributed by atoms with E-state index in [1.807, 2.05) is 18.2 Å². The van der Waals surface area contributed by atoms with Crippen molar-refractivity contribution in [2.45, 2.75) is 32.7 Å². The van der Waals surface area contributed by atoms with Crippen molar-refractivity contribution in [2.24, 2.45) is 0 Å². The van der Waals surface area contributed by atoms with Crippen LogP contribution in [0.4, 0.5) is 0 Å². The number of carboxylic acids is 1. The molecule has 2 aromatic carbocycles. The second kappa shape index (κ2) is 6.20. The predicted molar refractivity (Wildman–Crippen MR) is 99.4 cm³/mol. The molecule has 1 aromatic heterocycles. The Bertz CT molecular complexity index is 992. The Morgan fingerprint density at radius 3 is 2.32 bits per heavy atom. The zero-order valence-corrected chi connectivity index (χ0v) is 14.6. The zero-order valence-electron chi connectivity index (χ0n) is 14.6. The molecule has 0 aliphatic rings. The molecule has 0 fully saturated rings. The van der Waals surface area contributed by atoms with Crippen molar-refractivity contribution < 1.29 is 9.90 Å². The van der Waals surface area contributed by atoms with Crippen molar-refractivity contribution in [3.8, 4) is 0 Å². The normalized spacial score (nSPS) is 11.6. The highest BCUT2D eigenvalue weighted by atomic mass is 16.4. The number of carboxylic acid groups (broad SMARTS) is 1. The minimum atomic E-state index is -0.955. The average molecular weight is 335 g/mol. The lowest BCUT2D eigenvalue weighted by atomic mass is 9.86. The first-order valence-electron chi connectivity index (χ1n) is 8.21. The van der Waals surface area contributed by atoms with Crippen LogP contribution >= 0.6 is 0 Å². The van der Waals surface area contributed by atoms with E-state index < -0.39 is 5.97 Å². The lowest BCUT2D eigenvalue weighted by Gasteiger charge is -2.19. The summed E-state index contributed by atoms with van der Waals surface area (Å²) in [5, 5.41) is 10.6. The zero-order chi connectivity index (χ0) is 18.2. The maximum atomic E-state index is 12.7. The van der Waals surface area contributed by atoms with Crippen molar-refractivity contribution >= 4 is 16.7 Å². The van der Waals surface area contributed by atoms with Crippen LogP contribution in [-0.2, 0) is 12.0 Å². The van der Waals surface area contributed by atoms with Crippen LogP contribution in [0, 0.1) is 0 Å². The van der Waals surface area contributed by atoms with Crippen molar-refractivity contribution in [3.05, 3.63) is 81.8 Å². The molecular formula is C21H21NO3. The molecule has 0 aliphatic heterocycles. The molecule has 4 nitrogen and oxygen atoms in total. The molecule has 0 atom stereocenters. The SMILES string of the molecule is CC(C)(C)c1ccc2c(=O)n(Cc3ccc(C(=O)O)cc3)ccc2c1. The van der Waals surface area contributed by atoms with Crippen LogP contribution in [0.3, 0.4) is 0 Å². The molecule has 0 radical (unpaired) electrons. The second-order valence-corrected chi connectivity index (χ2v) is 7.30. The summed E-state index contributed by atoms with van der Waals surface area (Å²) >= 11 is 0. The monoisotopic (exact) mass is 335 g/mol. The van der Waals surface area contributed by atoms with Crippen LogP contribution < -0.4 is 5.56 Å². The highest BCUT2D eigenvalue weighted by Crippen LogP contribution is 2.24. The number of hydrogen-bond acceptors (Lipinski definition) is 2. The summed E-state index contributed by atoms with van der Waals surface area (Å²) in [6.07, 6.45) is 1.79. The molecule has 4 heteroatoms. The van der Waals surface area contributed by atoms with Crippen molar-refractivity contribution in [2.75, 3.05) is 0 Å². The van der Waals surface area contributed by atoms with Gasteiger partial charge in [0.05, 0.1) is 12.1 Å². The molecule has 3 rings (SSSR count). The van der Waals surface area contributed by atoms with Crippen LogP contribution in [0.15, 0.2) is 59.5 Å². The number of fused-ring (bicyclic) bond motifs is 1. The summed E-state index contributed by atoms with van der Waals surface area (Å²) in [6.45, 7) is 6.86. The van der Waals surface area contributed by atoms with E-state index in [2.05, 4.69) is 26.8 Å². The highest BCUT2D eigenvalue weighted by Gasteiger charge is 2.14. The number of nitrogens with zero attached hydrogens (tertiary/aromatic N) is 1. The van der Waals surface area contributed by atoms with E-state index in [4.69, 9.17) is 5.11 Å². The van der Waals surface area contributed by atoms with Crippen LogP contribution in [0.25, 0.3) is 10.8 Å². The Labute approximate surface area is 146 Å². The molecule has 1 heterocycles. The third kappa shape index (κ3) is 3.48. The average Bonchev–Trinajstić information content (AvgIpc) is 2.57. The number of rotatable bonds is 3. The van der Waals surface area contributed by atoms with Gasteiger partial charge in [0.25, 0.3) is 5.56 Å². The van der Waals surface area contributed by atoms with Crippen LogP contribution in [-0.4, -0.2) is 15.6 Å². The smallest absolute Gasteiger partial charge is 0.335 e. The number of pyridine rings is 1. The van der Waals surface area contributed by atoms with Crippen molar-refractivity contribution in [1.29, 1.82) is 0 Å². The van der Waals surface area contributed by atoms with Gasteiger partial charge in [-0.05, 0) is 46.2 Å². The minimum Gasteiger partial charge on any atom is -0.478 e. The number of aromatic carboxylic acids is 1. The molecule has 0 spiro atoms. The fraction of sp³-hybridized carbons (Fsp3) is 0.238. The maximum absolute atomic E-state index is 12.7. The first-order valence-corrected chi connectivity index (χ1v) is 8.21. The van der Waals surface area contributed by atoms with E-state index in [0.29, 0.717) is 11.9 Å². The third-order valence-corrected chi connectivity index (χ3v) is 4.40. The summed E-state index contributed by atoms with van der Waals surface area (Å²) in [5.41, 5.74) is 2.32. The number of aromatic nitrogens is 1. The van der Waals surface area contributed by atoms with Crippen LogP contribution in [0.5, 0.6) is 0 Å². The summed E-state index contributed by atoms with van der Waals surface area (Å²) in [5.74, 6) is -0.955. The summed E-state index contributed by atoms with van der Waals surface area (Å²) in [7, 11) is 0. The maximum Gasteiger partial charge on any atom is 0.335 e. The summed E-state index contributed by atoms with van der Waals surface area (Å²) in [6, 6.07) is 14.5. The quantitative estimate of drug-likeness (QED) is 0.785. The van der Waals surface area contributed by atoms with Gasteiger partial charge >= 0.3 is 5.97 Å². The van der Waals surface area contributed by atoms with E-state index in [-0.39, 0.29) is 16.5 Å². The molecule has 128 valence electrons. The molecule has 0 saturated carbocycles. The Morgan fingerprint density at radius 2 is 1.72 bits per heavy atom. The summed E-state index contributed by atoms with van der Waals surface area (Å²) in [4.78, 5) is 23.7. The predicted octanol–water partition coefficient (Wildman–Crippen LogP) is 4.05. The molecule has 25 heavy (non-hydrogen) atoms. The summed E-state index contributed by atoms with van der Waals surface area (Å²) < 4.78 is 1.65. The standard InChI is InChI=1S/C21H21NO3/c1-21(2,3)17-8-9-18-16(12-17)10-11-22(19(18)23)13-14-4-6-15(7-5-14)20(24)25/h4-12H,13H2,1-3H3,(H,24,25). The Hall–Kier alpha value is -2.88. The van der Waals surface area contributed by atoms with Gasteiger partial charge in [0.2, 0.25) is 0 Å².